The minimum absolute atomic E-state index is 0.0374. The summed E-state index contributed by atoms with van der Waals surface area (Å²) in [6.07, 6.45) is 7.21. The maximum atomic E-state index is 12.4. The van der Waals surface area contributed by atoms with Crippen molar-refractivity contribution in [1.29, 1.82) is 0 Å². The molecule has 6 heteroatoms. The Labute approximate surface area is 144 Å². The third-order valence-electron chi connectivity index (χ3n) is 4.81. The molecule has 4 rings (SSSR count). The number of hydrogen-bond acceptors (Lipinski definition) is 2. The number of benzene rings is 1. The van der Waals surface area contributed by atoms with E-state index in [2.05, 4.69) is 20.5 Å². The van der Waals surface area contributed by atoms with Gasteiger partial charge < -0.3 is 10.3 Å². The molecule has 0 fully saturated rings. The number of amides is 1. The van der Waals surface area contributed by atoms with Crippen molar-refractivity contribution in [3.8, 4) is 0 Å². The van der Waals surface area contributed by atoms with Gasteiger partial charge in [-0.25, -0.2) is 0 Å². The molecule has 2 heterocycles. The molecule has 0 spiro atoms. The summed E-state index contributed by atoms with van der Waals surface area (Å²) >= 11 is 6.07. The lowest BCUT2D eigenvalue weighted by Crippen LogP contribution is -2.35. The van der Waals surface area contributed by atoms with Gasteiger partial charge in [0.1, 0.15) is 0 Å². The Bertz CT molecular complexity index is 882. The molecule has 0 saturated heterocycles. The molecule has 1 amide bonds. The standard InChI is InChI=1S/C18H19ClN4O/c19-14-3-4-16-15(8-14)12(9-21-16)5-6-20-18(24)11-1-2-13-10-22-23-17(13)7-11/h3-4,8-11,21H,1-2,5-7H2,(H,20,24)(H,22,23). The SMILES string of the molecule is O=C(NCCc1c[nH]c2ccc(Cl)cc12)C1CCc2cn[nH]c2C1. The lowest BCUT2D eigenvalue weighted by atomic mass is 9.87. The zero-order chi connectivity index (χ0) is 16.5. The van der Waals surface area contributed by atoms with E-state index in [1.165, 1.54) is 11.1 Å². The van der Waals surface area contributed by atoms with E-state index in [4.69, 9.17) is 11.6 Å². The summed E-state index contributed by atoms with van der Waals surface area (Å²) in [5.41, 5.74) is 4.59. The molecule has 1 atom stereocenters. The van der Waals surface area contributed by atoms with Crippen molar-refractivity contribution in [3.05, 3.63) is 52.4 Å². The minimum atomic E-state index is 0.0374. The fraction of sp³-hybridized carbons (Fsp3) is 0.333. The number of hydrogen-bond donors (Lipinski definition) is 3. The van der Waals surface area contributed by atoms with Gasteiger partial charge in [-0.05, 0) is 48.6 Å². The molecule has 0 radical (unpaired) electrons. The maximum Gasteiger partial charge on any atom is 0.223 e. The molecule has 2 aromatic heterocycles. The second-order valence-corrected chi connectivity index (χ2v) is 6.79. The molecule has 0 saturated carbocycles. The highest BCUT2D eigenvalue weighted by Crippen LogP contribution is 2.24. The fourth-order valence-electron chi connectivity index (χ4n) is 3.45. The molecule has 0 aliphatic heterocycles. The minimum Gasteiger partial charge on any atom is -0.361 e. The Morgan fingerprint density at radius 1 is 1.42 bits per heavy atom. The van der Waals surface area contributed by atoms with Gasteiger partial charge in [-0.3, -0.25) is 9.89 Å². The number of nitrogens with one attached hydrogen (secondary N) is 3. The quantitative estimate of drug-likeness (QED) is 0.682. The number of carbonyl (C=O) groups excluding carboxylic acids is 1. The van der Waals surface area contributed by atoms with E-state index in [9.17, 15) is 4.79 Å². The molecule has 124 valence electrons. The van der Waals surface area contributed by atoms with Crippen LogP contribution in [0.4, 0.5) is 0 Å². The first kappa shape index (κ1) is 15.3. The molecular formula is C18H19ClN4O. The van der Waals surface area contributed by atoms with E-state index in [0.717, 1.165) is 47.3 Å². The van der Waals surface area contributed by atoms with Gasteiger partial charge in [0.2, 0.25) is 5.91 Å². The van der Waals surface area contributed by atoms with E-state index >= 15 is 0 Å². The zero-order valence-electron chi connectivity index (χ0n) is 13.2. The number of rotatable bonds is 4. The molecule has 0 bridgehead atoms. The summed E-state index contributed by atoms with van der Waals surface area (Å²) in [6, 6.07) is 5.81. The number of fused-ring (bicyclic) bond motifs is 2. The summed E-state index contributed by atoms with van der Waals surface area (Å²) in [5.74, 6) is 0.170. The van der Waals surface area contributed by atoms with E-state index in [-0.39, 0.29) is 11.8 Å². The molecule has 3 aromatic rings. The van der Waals surface area contributed by atoms with Crippen molar-refractivity contribution in [1.82, 2.24) is 20.5 Å². The molecule has 1 aliphatic rings. The molecule has 1 unspecified atom stereocenters. The normalized spacial score (nSPS) is 17.0. The molecule has 24 heavy (non-hydrogen) atoms. The Kier molecular flexibility index (Phi) is 4.02. The number of aromatic amines is 2. The number of carbonyl (C=O) groups is 1. The largest absolute Gasteiger partial charge is 0.361 e. The van der Waals surface area contributed by atoms with E-state index in [0.29, 0.717) is 6.54 Å². The van der Waals surface area contributed by atoms with Crippen LogP contribution in [0.5, 0.6) is 0 Å². The summed E-state index contributed by atoms with van der Waals surface area (Å²) in [7, 11) is 0. The third kappa shape index (κ3) is 2.91. The lowest BCUT2D eigenvalue weighted by Gasteiger charge is -2.20. The Hall–Kier alpha value is -2.27. The first-order valence-electron chi connectivity index (χ1n) is 8.25. The van der Waals surface area contributed by atoms with Crippen molar-refractivity contribution >= 4 is 28.4 Å². The average molecular weight is 343 g/mol. The molecule has 5 nitrogen and oxygen atoms in total. The molecule has 3 N–H and O–H groups in total. The zero-order valence-corrected chi connectivity index (χ0v) is 14.0. The highest BCUT2D eigenvalue weighted by molar-refractivity contribution is 6.31. The Morgan fingerprint density at radius 2 is 2.33 bits per heavy atom. The van der Waals surface area contributed by atoms with Gasteiger partial charge in [0.25, 0.3) is 0 Å². The van der Waals surface area contributed by atoms with Gasteiger partial charge in [-0.2, -0.15) is 5.10 Å². The van der Waals surface area contributed by atoms with Crippen molar-refractivity contribution in [2.45, 2.75) is 25.7 Å². The maximum absolute atomic E-state index is 12.4. The number of H-pyrrole nitrogens is 2. The first-order valence-corrected chi connectivity index (χ1v) is 8.63. The summed E-state index contributed by atoms with van der Waals surface area (Å²) < 4.78 is 0. The van der Waals surface area contributed by atoms with Crippen LogP contribution in [0.15, 0.2) is 30.6 Å². The van der Waals surface area contributed by atoms with E-state index in [1.807, 2.05) is 30.6 Å². The van der Waals surface area contributed by atoms with Crippen LogP contribution in [0.3, 0.4) is 0 Å². The van der Waals surface area contributed by atoms with Crippen molar-refractivity contribution in [2.75, 3.05) is 6.54 Å². The fourth-order valence-corrected chi connectivity index (χ4v) is 3.63. The van der Waals surface area contributed by atoms with E-state index < -0.39 is 0 Å². The van der Waals surface area contributed by atoms with Gasteiger partial charge in [-0.1, -0.05) is 11.6 Å². The monoisotopic (exact) mass is 342 g/mol. The number of aromatic nitrogens is 3. The second-order valence-electron chi connectivity index (χ2n) is 6.36. The van der Waals surface area contributed by atoms with Gasteiger partial charge in [0.05, 0.1) is 6.20 Å². The van der Waals surface area contributed by atoms with Crippen LogP contribution in [0.2, 0.25) is 5.02 Å². The lowest BCUT2D eigenvalue weighted by molar-refractivity contribution is -0.125. The van der Waals surface area contributed by atoms with Crippen molar-refractivity contribution < 1.29 is 4.79 Å². The predicted molar refractivity (Wildman–Crippen MR) is 94.1 cm³/mol. The van der Waals surface area contributed by atoms with Crippen LogP contribution in [0, 0.1) is 5.92 Å². The van der Waals surface area contributed by atoms with Crippen molar-refractivity contribution in [2.24, 2.45) is 5.92 Å². The van der Waals surface area contributed by atoms with Crippen LogP contribution in [-0.2, 0) is 24.1 Å². The summed E-state index contributed by atoms with van der Waals surface area (Å²) in [4.78, 5) is 15.6. The van der Waals surface area contributed by atoms with Gasteiger partial charge >= 0.3 is 0 Å². The van der Waals surface area contributed by atoms with Crippen LogP contribution < -0.4 is 5.32 Å². The Balaban J connectivity index is 1.35. The number of nitrogens with zero attached hydrogens (tertiary/aromatic N) is 1. The van der Waals surface area contributed by atoms with Gasteiger partial charge in [0, 0.05) is 46.7 Å². The van der Waals surface area contributed by atoms with Crippen LogP contribution in [-0.4, -0.2) is 27.6 Å². The summed E-state index contributed by atoms with van der Waals surface area (Å²) in [5, 5.41) is 12.0. The third-order valence-corrected chi connectivity index (χ3v) is 5.05. The predicted octanol–water partition coefficient (Wildman–Crippen LogP) is 3.01. The second kappa shape index (κ2) is 6.32. The average Bonchev–Trinajstić information content (AvgIpc) is 3.20. The van der Waals surface area contributed by atoms with Crippen LogP contribution in [0.25, 0.3) is 10.9 Å². The van der Waals surface area contributed by atoms with Gasteiger partial charge in [0.15, 0.2) is 0 Å². The molecule has 1 aliphatic carbocycles. The summed E-state index contributed by atoms with van der Waals surface area (Å²) in [6.45, 7) is 0.630. The topological polar surface area (TPSA) is 73.6 Å². The number of aryl methyl sites for hydroxylation is 1. The highest BCUT2D eigenvalue weighted by atomic mass is 35.5. The Morgan fingerprint density at radius 3 is 3.25 bits per heavy atom. The van der Waals surface area contributed by atoms with Crippen LogP contribution >= 0.6 is 11.6 Å². The van der Waals surface area contributed by atoms with Crippen molar-refractivity contribution in [3.63, 3.8) is 0 Å². The molecular weight excluding hydrogens is 324 g/mol. The first-order chi connectivity index (χ1) is 11.7. The van der Waals surface area contributed by atoms with E-state index in [1.54, 1.807) is 0 Å². The highest BCUT2D eigenvalue weighted by Gasteiger charge is 2.25. The smallest absolute Gasteiger partial charge is 0.223 e. The molecule has 1 aromatic carbocycles. The van der Waals surface area contributed by atoms with Gasteiger partial charge in [-0.15, -0.1) is 0 Å². The van der Waals surface area contributed by atoms with Crippen LogP contribution in [0.1, 0.15) is 23.2 Å². The number of halogens is 1.